The third-order valence-electron chi connectivity index (χ3n) is 4.47. The third kappa shape index (κ3) is 3.12. The Morgan fingerprint density at radius 2 is 2.14 bits per heavy atom. The van der Waals surface area contributed by atoms with Crippen LogP contribution in [0, 0.1) is 11.8 Å². The molecule has 0 aromatic heterocycles. The lowest BCUT2D eigenvalue weighted by atomic mass is 9.97. The zero-order valence-electron chi connectivity index (χ0n) is 11.7. The van der Waals surface area contributed by atoms with Crippen molar-refractivity contribution in [1.29, 1.82) is 0 Å². The van der Waals surface area contributed by atoms with Crippen LogP contribution in [0.3, 0.4) is 0 Å². The summed E-state index contributed by atoms with van der Waals surface area (Å²) in [6, 6.07) is 8.08. The number of aliphatic carboxylic acids is 1. The van der Waals surface area contributed by atoms with Crippen LogP contribution < -0.4 is 0 Å². The summed E-state index contributed by atoms with van der Waals surface area (Å²) in [4.78, 5) is 25.4. The summed E-state index contributed by atoms with van der Waals surface area (Å²) in [5, 5.41) is 9.11. The fraction of sp³-hybridized carbons (Fsp3) is 0.500. The normalized spacial score (nSPS) is 28.2. The van der Waals surface area contributed by atoms with Gasteiger partial charge in [0, 0.05) is 23.5 Å². The minimum absolute atomic E-state index is 0.0341. The van der Waals surface area contributed by atoms with Gasteiger partial charge in [-0.05, 0) is 42.9 Å². The Kier molecular flexibility index (Phi) is 4.02. The number of carbonyl (C=O) groups excluding carboxylic acids is 1. The molecular formula is C16H18BrNO3. The first kappa shape index (κ1) is 14.6. The average molecular weight is 352 g/mol. The first-order valence-electron chi connectivity index (χ1n) is 7.33. The highest BCUT2D eigenvalue weighted by Gasteiger charge is 2.46. The molecule has 0 radical (unpaired) electrons. The molecule has 2 fully saturated rings. The molecule has 21 heavy (non-hydrogen) atoms. The monoisotopic (exact) mass is 351 g/mol. The number of amides is 1. The fourth-order valence-electron chi connectivity index (χ4n) is 3.19. The molecular weight excluding hydrogens is 334 g/mol. The Labute approximate surface area is 132 Å². The molecule has 1 saturated carbocycles. The highest BCUT2D eigenvalue weighted by atomic mass is 79.9. The van der Waals surface area contributed by atoms with Gasteiger partial charge in [0.2, 0.25) is 5.91 Å². The lowest BCUT2D eigenvalue weighted by molar-refractivity contribution is -0.146. The van der Waals surface area contributed by atoms with Gasteiger partial charge in [-0.15, -0.1) is 0 Å². The molecule has 1 amide bonds. The molecule has 1 aliphatic heterocycles. The number of carbonyl (C=O) groups is 2. The average Bonchev–Trinajstić information content (AvgIpc) is 3.27. The minimum atomic E-state index is -0.785. The van der Waals surface area contributed by atoms with Gasteiger partial charge in [-0.3, -0.25) is 9.59 Å². The van der Waals surface area contributed by atoms with Gasteiger partial charge in [-0.25, -0.2) is 0 Å². The van der Waals surface area contributed by atoms with Crippen LogP contribution in [-0.2, 0) is 9.59 Å². The molecule has 1 aliphatic carbocycles. The van der Waals surface area contributed by atoms with Crippen molar-refractivity contribution in [2.24, 2.45) is 11.8 Å². The van der Waals surface area contributed by atoms with E-state index in [9.17, 15) is 9.59 Å². The van der Waals surface area contributed by atoms with E-state index in [-0.39, 0.29) is 11.8 Å². The molecule has 3 atom stereocenters. The lowest BCUT2D eigenvalue weighted by Gasteiger charge is -2.31. The summed E-state index contributed by atoms with van der Waals surface area (Å²) in [5.74, 6) is -0.726. The number of rotatable bonds is 3. The summed E-state index contributed by atoms with van der Waals surface area (Å²) in [6.07, 6.45) is 2.35. The SMILES string of the molecule is O=C(O)[C@@H]1CCCN(C(=O)[C@H]2C[C@@H]2c2cccc(Br)c2)C1. The Morgan fingerprint density at radius 1 is 1.33 bits per heavy atom. The maximum Gasteiger partial charge on any atom is 0.308 e. The number of halogens is 1. The largest absolute Gasteiger partial charge is 0.481 e. The van der Waals surface area contributed by atoms with Gasteiger partial charge in [0.15, 0.2) is 0 Å². The summed E-state index contributed by atoms with van der Waals surface area (Å²) in [6.45, 7) is 1.07. The molecule has 4 nitrogen and oxygen atoms in total. The van der Waals surface area contributed by atoms with Crippen molar-refractivity contribution in [1.82, 2.24) is 4.90 Å². The quantitative estimate of drug-likeness (QED) is 0.910. The Bertz CT molecular complexity index is 574. The van der Waals surface area contributed by atoms with Gasteiger partial charge in [0.25, 0.3) is 0 Å². The van der Waals surface area contributed by atoms with Crippen LogP contribution >= 0.6 is 15.9 Å². The van der Waals surface area contributed by atoms with Crippen molar-refractivity contribution in [3.63, 3.8) is 0 Å². The van der Waals surface area contributed by atoms with Gasteiger partial charge in [0.05, 0.1) is 5.92 Å². The predicted octanol–water partition coefficient (Wildman–Crippen LogP) is 2.88. The second-order valence-corrected chi connectivity index (χ2v) is 6.88. The van der Waals surface area contributed by atoms with Crippen molar-refractivity contribution >= 4 is 27.8 Å². The molecule has 1 N–H and O–H groups in total. The third-order valence-corrected chi connectivity index (χ3v) is 4.96. The van der Waals surface area contributed by atoms with E-state index in [2.05, 4.69) is 28.1 Å². The predicted molar refractivity (Wildman–Crippen MR) is 81.9 cm³/mol. The van der Waals surface area contributed by atoms with Gasteiger partial charge in [0.1, 0.15) is 0 Å². The molecule has 1 saturated heterocycles. The first-order valence-corrected chi connectivity index (χ1v) is 8.12. The van der Waals surface area contributed by atoms with E-state index in [0.717, 1.165) is 17.3 Å². The molecule has 3 rings (SSSR count). The number of carboxylic acids is 1. The van der Waals surface area contributed by atoms with Crippen molar-refractivity contribution < 1.29 is 14.7 Å². The maximum atomic E-state index is 12.5. The number of piperidine rings is 1. The van der Waals surface area contributed by atoms with Crippen LogP contribution in [0.1, 0.15) is 30.7 Å². The molecule has 0 spiro atoms. The van der Waals surface area contributed by atoms with E-state index < -0.39 is 11.9 Å². The fourth-order valence-corrected chi connectivity index (χ4v) is 3.60. The number of carboxylic acid groups (broad SMARTS) is 1. The summed E-state index contributed by atoms with van der Waals surface area (Å²) in [5.41, 5.74) is 1.19. The van der Waals surface area contributed by atoms with Crippen LogP contribution in [-0.4, -0.2) is 35.0 Å². The van der Waals surface area contributed by atoms with Gasteiger partial charge >= 0.3 is 5.97 Å². The van der Waals surface area contributed by atoms with Crippen molar-refractivity contribution in [3.05, 3.63) is 34.3 Å². The van der Waals surface area contributed by atoms with E-state index in [1.807, 2.05) is 12.1 Å². The van der Waals surface area contributed by atoms with Crippen LogP contribution in [0.2, 0.25) is 0 Å². The van der Waals surface area contributed by atoms with Crippen molar-refractivity contribution in [2.45, 2.75) is 25.2 Å². The molecule has 1 aromatic rings. The molecule has 1 aromatic carbocycles. The van der Waals surface area contributed by atoms with Crippen LogP contribution in [0.4, 0.5) is 0 Å². The number of nitrogens with zero attached hydrogens (tertiary/aromatic N) is 1. The highest BCUT2D eigenvalue weighted by molar-refractivity contribution is 9.10. The van der Waals surface area contributed by atoms with Crippen LogP contribution in [0.5, 0.6) is 0 Å². The Balaban J connectivity index is 1.63. The van der Waals surface area contributed by atoms with E-state index in [1.165, 1.54) is 5.56 Å². The van der Waals surface area contributed by atoms with E-state index >= 15 is 0 Å². The van der Waals surface area contributed by atoms with Gasteiger partial charge < -0.3 is 10.0 Å². The van der Waals surface area contributed by atoms with E-state index in [4.69, 9.17) is 5.11 Å². The summed E-state index contributed by atoms with van der Waals surface area (Å²) < 4.78 is 1.03. The molecule has 1 heterocycles. The second-order valence-electron chi connectivity index (χ2n) is 5.97. The smallest absolute Gasteiger partial charge is 0.308 e. The van der Waals surface area contributed by atoms with E-state index in [1.54, 1.807) is 4.90 Å². The van der Waals surface area contributed by atoms with Crippen molar-refractivity contribution in [2.75, 3.05) is 13.1 Å². The zero-order chi connectivity index (χ0) is 15.0. The number of likely N-dealkylation sites (tertiary alicyclic amines) is 1. The topological polar surface area (TPSA) is 57.6 Å². The zero-order valence-corrected chi connectivity index (χ0v) is 13.3. The minimum Gasteiger partial charge on any atom is -0.481 e. The summed E-state index contributed by atoms with van der Waals surface area (Å²) >= 11 is 3.45. The Hall–Kier alpha value is -1.36. The molecule has 0 unspecified atom stereocenters. The molecule has 112 valence electrons. The van der Waals surface area contributed by atoms with Gasteiger partial charge in [-0.2, -0.15) is 0 Å². The Morgan fingerprint density at radius 3 is 2.86 bits per heavy atom. The van der Waals surface area contributed by atoms with Gasteiger partial charge in [-0.1, -0.05) is 28.1 Å². The lowest BCUT2D eigenvalue weighted by Crippen LogP contribution is -2.43. The van der Waals surface area contributed by atoms with Crippen molar-refractivity contribution in [3.8, 4) is 0 Å². The molecule has 0 bridgehead atoms. The number of hydrogen-bond acceptors (Lipinski definition) is 2. The number of hydrogen-bond donors (Lipinski definition) is 1. The molecule has 2 aliphatic rings. The molecule has 5 heteroatoms. The highest BCUT2D eigenvalue weighted by Crippen LogP contribution is 2.49. The summed E-state index contributed by atoms with van der Waals surface area (Å²) in [7, 11) is 0. The maximum absolute atomic E-state index is 12.5. The van der Waals surface area contributed by atoms with Crippen LogP contribution in [0.15, 0.2) is 28.7 Å². The second kappa shape index (κ2) is 5.79. The standard InChI is InChI=1S/C16H18BrNO3/c17-12-5-1-3-10(7-12)13-8-14(13)15(19)18-6-2-4-11(9-18)16(20)21/h1,3,5,7,11,13-14H,2,4,6,8-9H2,(H,20,21)/t11-,13-,14+/m1/s1. The van der Waals surface area contributed by atoms with Crippen LogP contribution in [0.25, 0.3) is 0 Å². The number of benzene rings is 1. The first-order chi connectivity index (χ1) is 10.1. The van der Waals surface area contributed by atoms with E-state index in [0.29, 0.717) is 25.4 Å².